The van der Waals surface area contributed by atoms with Crippen LogP contribution in [0.1, 0.15) is 79.6 Å². The second-order valence-electron chi connectivity index (χ2n) is 34.2. The van der Waals surface area contributed by atoms with E-state index in [9.17, 15) is 0 Å². The van der Waals surface area contributed by atoms with Crippen LogP contribution in [0, 0.1) is 91.8 Å². The van der Waals surface area contributed by atoms with Crippen molar-refractivity contribution in [1.29, 1.82) is 0 Å². The summed E-state index contributed by atoms with van der Waals surface area (Å²) in [6.45, 7) is 24.7. The van der Waals surface area contributed by atoms with Crippen molar-refractivity contribution >= 4 is 176 Å². The van der Waals surface area contributed by atoms with Gasteiger partial charge in [0.25, 0.3) is 0 Å². The van der Waals surface area contributed by atoms with E-state index in [4.69, 9.17) is 49.9 Å². The van der Waals surface area contributed by atoms with E-state index in [1.807, 2.05) is 63.4 Å². The van der Waals surface area contributed by atoms with Crippen LogP contribution in [0.5, 0.6) is 0 Å². The number of rotatable bonds is 24. The summed E-state index contributed by atoms with van der Waals surface area (Å²) in [4.78, 5) is 13.5. The number of allylic oxidation sites excluding steroid dienone is 20. The third-order valence-corrected chi connectivity index (χ3v) is 58.6. The molecule has 149 heavy (non-hydrogen) atoms. The molecule has 0 saturated carbocycles. The molecule has 0 amide bonds. The number of nitrogens with zero attached hydrogens (tertiary/aromatic N) is 3. The maximum atomic E-state index is 6.47. The molecule has 0 N–H and O–H groups in total. The van der Waals surface area contributed by atoms with E-state index in [2.05, 4.69) is 446 Å². The molecule has 744 valence electrons. The van der Waals surface area contributed by atoms with Gasteiger partial charge in [-0.05, 0) is 44.7 Å². The zero-order valence-electron chi connectivity index (χ0n) is 81.8. The van der Waals surface area contributed by atoms with Crippen molar-refractivity contribution in [2.24, 2.45) is 0 Å². The standard InChI is InChI=1S/C66H51NO2P.C47H36O2P.C16H8N2.CH4.4Os.H8P6/c1-6-18-53-40-58-37-36-57-39-52(33-38-65(57)66(58)67-43-53)19-17-20-59-45-69-47-61(59)41-55(48(3)4)34-31-50-27-29-51(30-28-50)32-35-56(42-60-46-68-44-54(60)7-2)49(5)70(62-21-11-8-12-22-62,63-23-13-9-14-24-63)64-25-15-10-16-26-64;1-35(2)41(29-43-33-48-31-36(43)3)27-25-39-21-23-40(24-22-39)26-28-42(30-44-34-49-32-37(44)4)38(5)50(45-15-9-6-10-16-45,46-17-11-7-12-18-46)47-19-13-8-14-20-47;1-3-11-7-13-5-6-14-8-12(4-2)10-18-16(14)15(13)17-9-11;;;;;;1-5(2)6(3)4/h6,8-19,21-40,43H,44-47H2,1-3H3;3-4,6-28H,31-34H2,1H3;1-2,5-10H;1H4;;;;;1-4H2/q2*-3;;;;;;;/b18-6+,19-17+,34-31+,35-32+,55-48?,56-49?;27-25+,28-26+,41-35?,42-38?;;;;;;;. The van der Waals surface area contributed by atoms with Crippen LogP contribution in [0.15, 0.2) is 435 Å². The van der Waals surface area contributed by atoms with Gasteiger partial charge in [0.1, 0.15) is 0 Å². The Labute approximate surface area is 931 Å². The molecule has 18 rings (SSSR count). The zero-order valence-corrected chi connectivity index (χ0v) is 100. The van der Waals surface area contributed by atoms with Crippen molar-refractivity contribution in [3.05, 3.63) is 529 Å². The van der Waals surface area contributed by atoms with E-state index in [-0.39, 0.29) is 21.4 Å². The van der Waals surface area contributed by atoms with Gasteiger partial charge in [-0.25, -0.2) is 0 Å². The summed E-state index contributed by atoms with van der Waals surface area (Å²) in [5.41, 5.74) is 23.8. The molecule has 4 fully saturated rings. The van der Waals surface area contributed by atoms with Gasteiger partial charge in [0.2, 0.25) is 0 Å². The fourth-order valence-electron chi connectivity index (χ4n) is 17.0. The summed E-state index contributed by atoms with van der Waals surface area (Å²) >= 11 is 6.94. The SMILES string of the molecule is C.C#Cc1cnc2c(ccc3cc(C#C)cnc32)c1.C[C-]=C1COCC1=[C-]C(/C=C/c1ccc(/C=C/C([C-]=C2COCC2=[C-]/C=C/c2ccc3c(ccc4cc(/C=C/C)cnc43)c2)=C(C)[C]#[Os])cc1)=C([C]#[Os])[P+](c1ccccc1)(c1ccccc1)c1ccccc1.PP(P)P(P)P.[CH-]=C1COCC1=[C-]C(/C=C/c1ccc(/C=C/C([C-]=C2COCC2=[CH-])=C([C]#[Os])[P+](c2ccccc2)(c2ccccc2)c2ccccc2)cc1)=C(C)[C]#[Os]. The summed E-state index contributed by atoms with van der Waals surface area (Å²) < 4.78 is 37.3. The third kappa shape index (κ3) is 29.0. The van der Waals surface area contributed by atoms with Crippen LogP contribution in [0.25, 0.3) is 79.9 Å². The second kappa shape index (κ2) is 57.1. The van der Waals surface area contributed by atoms with Crippen molar-refractivity contribution in [3.63, 3.8) is 0 Å². The minimum absolute atomic E-state index is 0. The van der Waals surface area contributed by atoms with Gasteiger partial charge in [0.05, 0.1) is 16.6 Å². The molecule has 14 aromatic rings. The number of pyridine rings is 3. The molecule has 0 radical (unpaired) electrons. The number of hydrogen-bond donors (Lipinski definition) is 0. The Balaban J connectivity index is 0.000000196. The monoisotopic (exact) mass is 2790 g/mol. The van der Waals surface area contributed by atoms with E-state index in [0.717, 1.165) is 171 Å². The minimum atomic E-state index is -2.48. The van der Waals surface area contributed by atoms with E-state index < -0.39 is 14.5 Å². The Morgan fingerprint density at radius 2 is 0.671 bits per heavy atom. The number of fused-ring (bicyclic) bond motifs is 6. The van der Waals surface area contributed by atoms with Crippen LogP contribution in [-0.2, 0) is 90.7 Å². The molecule has 11 aromatic carbocycles. The summed E-state index contributed by atoms with van der Waals surface area (Å²) in [5.74, 6) is 5.15. The maximum absolute atomic E-state index is 6.47. The molecule has 4 unspecified atom stereocenters. The molecule has 0 aliphatic carbocycles. The first-order chi connectivity index (χ1) is 72.3. The molecule has 4 atom stereocenters. The van der Waals surface area contributed by atoms with Gasteiger partial charge in [-0.15, -0.1) is 48.6 Å². The second-order valence-corrected chi connectivity index (χ2v) is 63.2. The van der Waals surface area contributed by atoms with Gasteiger partial charge >= 0.3 is 709 Å². The Morgan fingerprint density at radius 3 is 1.03 bits per heavy atom. The van der Waals surface area contributed by atoms with Crippen LogP contribution < -0.4 is 31.8 Å². The molecule has 0 bridgehead atoms. The average molecular weight is 2780 g/mol. The molecule has 4 aliphatic rings. The summed E-state index contributed by atoms with van der Waals surface area (Å²) in [7, 11) is 6.22. The van der Waals surface area contributed by atoms with E-state index >= 15 is 0 Å². The Morgan fingerprint density at radius 1 is 0.356 bits per heavy atom. The first kappa shape index (κ1) is 114. The van der Waals surface area contributed by atoms with Crippen LogP contribution >= 0.6 is 64.2 Å². The molecule has 4 saturated heterocycles. The fourth-order valence-corrected chi connectivity index (χ4v) is 29.2. The molecular formula is C130H107N3O4Os4P8-6. The third-order valence-electron chi connectivity index (χ3n) is 24.6. The Kier molecular flexibility index (Phi) is 43.7. The predicted molar refractivity (Wildman–Crippen MR) is 635 cm³/mol. The van der Waals surface area contributed by atoms with Crippen molar-refractivity contribution in [2.75, 3.05) is 52.9 Å². The molecule has 7 nitrogen and oxygen atoms in total. The van der Waals surface area contributed by atoms with E-state index in [1.54, 1.807) is 84.2 Å². The fraction of sp³-hybridized carbons (Fsp3) is 0.100. The Bertz CT molecular complexity index is 7870. The zero-order chi connectivity index (χ0) is 104. The molecule has 7 heterocycles. The van der Waals surface area contributed by atoms with Crippen LogP contribution in [0.4, 0.5) is 0 Å². The topological polar surface area (TPSA) is 75.6 Å². The first-order valence-corrected chi connectivity index (χ1v) is 65.8. The van der Waals surface area contributed by atoms with Crippen molar-refractivity contribution in [2.45, 2.75) is 35.1 Å². The van der Waals surface area contributed by atoms with Crippen molar-refractivity contribution < 1.29 is 90.7 Å². The van der Waals surface area contributed by atoms with Gasteiger partial charge in [0, 0.05) is 51.3 Å². The first-order valence-electron chi connectivity index (χ1n) is 47.2. The molecule has 19 heteroatoms. The molecule has 4 aliphatic heterocycles. The van der Waals surface area contributed by atoms with Crippen LogP contribution in [-0.4, -0.2) is 67.8 Å². The average Bonchev–Trinajstić information content (AvgIpc) is 1.12. The van der Waals surface area contributed by atoms with Gasteiger partial charge < -0.3 is 0 Å². The summed E-state index contributed by atoms with van der Waals surface area (Å²) in [5, 5.41) is 15.1. The van der Waals surface area contributed by atoms with Crippen LogP contribution in [0.2, 0.25) is 0 Å². The molecule has 3 aromatic heterocycles. The van der Waals surface area contributed by atoms with Crippen LogP contribution in [0.3, 0.4) is 0 Å². The number of ether oxygens (including phenoxy) is 4. The molecule has 0 spiro atoms. The Hall–Kier alpha value is -10.7. The normalized spacial score (nSPS) is 16.2. The van der Waals surface area contributed by atoms with E-state index in [0.29, 0.717) is 58.4 Å². The van der Waals surface area contributed by atoms with Crippen molar-refractivity contribution in [1.82, 2.24) is 15.0 Å². The van der Waals surface area contributed by atoms with Crippen molar-refractivity contribution in [3.8, 4) is 42.2 Å². The molecular weight excluding hydrogens is 2680 g/mol. The quantitative estimate of drug-likeness (QED) is 0.0196. The number of hydrogen-bond acceptors (Lipinski definition) is 7. The van der Waals surface area contributed by atoms with Gasteiger partial charge in [-0.1, -0.05) is 55.7 Å². The number of terminal acetylenes is 2. The summed E-state index contributed by atoms with van der Waals surface area (Å²) in [6, 6.07) is 103. The number of benzene rings is 11. The van der Waals surface area contributed by atoms with Gasteiger partial charge in [-0.2, -0.15) is 0 Å². The summed E-state index contributed by atoms with van der Waals surface area (Å²) in [6.07, 6.45) is 62.9. The van der Waals surface area contributed by atoms with Gasteiger partial charge in [0.15, 0.2) is 0 Å². The predicted octanol–water partition coefficient (Wildman–Crippen LogP) is 28.7. The van der Waals surface area contributed by atoms with Gasteiger partial charge in [-0.3, -0.25) is 15.0 Å². The number of aromatic nitrogens is 3. The van der Waals surface area contributed by atoms with E-state index in [1.165, 1.54) is 31.8 Å².